The normalized spacial score (nSPS) is 14.3. The van der Waals surface area contributed by atoms with E-state index in [2.05, 4.69) is 6.58 Å². The molecule has 3 heteroatoms. The van der Waals surface area contributed by atoms with Crippen LogP contribution in [0.15, 0.2) is 36.4 Å². The number of benzene rings is 1. The molecular formula is C16H21F3. The van der Waals surface area contributed by atoms with Gasteiger partial charge in [0.25, 0.3) is 0 Å². The third-order valence-corrected chi connectivity index (χ3v) is 3.13. The molecular weight excluding hydrogens is 249 g/mol. The summed E-state index contributed by atoms with van der Waals surface area (Å²) in [5.41, 5.74) is 1.83. The summed E-state index contributed by atoms with van der Waals surface area (Å²) in [6.07, 6.45) is -4.29. The van der Waals surface area contributed by atoms with Crippen molar-refractivity contribution in [3.8, 4) is 0 Å². The molecule has 0 spiro atoms. The van der Waals surface area contributed by atoms with Crippen LogP contribution < -0.4 is 0 Å². The molecule has 0 saturated heterocycles. The fourth-order valence-electron chi connectivity index (χ4n) is 1.99. The average molecular weight is 270 g/mol. The molecule has 1 aromatic rings. The van der Waals surface area contributed by atoms with E-state index in [0.717, 1.165) is 5.56 Å². The lowest BCUT2D eigenvalue weighted by atomic mass is 9.84. The minimum absolute atomic E-state index is 0.0549. The van der Waals surface area contributed by atoms with Gasteiger partial charge in [-0.3, -0.25) is 0 Å². The molecule has 0 aliphatic rings. The van der Waals surface area contributed by atoms with Gasteiger partial charge in [0.15, 0.2) is 0 Å². The third kappa shape index (κ3) is 4.41. The number of hydrogen-bond acceptors (Lipinski definition) is 0. The van der Waals surface area contributed by atoms with Crippen LogP contribution in [0.2, 0.25) is 0 Å². The van der Waals surface area contributed by atoms with Crippen LogP contribution in [-0.2, 0) is 5.41 Å². The quantitative estimate of drug-likeness (QED) is 0.627. The van der Waals surface area contributed by atoms with Crippen LogP contribution in [0.5, 0.6) is 0 Å². The van der Waals surface area contributed by atoms with Crippen molar-refractivity contribution < 1.29 is 13.2 Å². The van der Waals surface area contributed by atoms with E-state index in [4.69, 9.17) is 0 Å². The van der Waals surface area contributed by atoms with Gasteiger partial charge in [0.05, 0.1) is 5.92 Å². The Hall–Kier alpha value is -1.25. The molecule has 0 aliphatic heterocycles. The maximum Gasteiger partial charge on any atom is 0.396 e. The van der Waals surface area contributed by atoms with Crippen molar-refractivity contribution in [1.29, 1.82) is 0 Å². The lowest BCUT2D eigenvalue weighted by Gasteiger charge is -2.23. The molecule has 0 heterocycles. The summed E-state index contributed by atoms with van der Waals surface area (Å²) in [5, 5.41) is 0. The number of rotatable bonds is 3. The molecule has 0 aromatic heterocycles. The lowest BCUT2D eigenvalue weighted by molar-refractivity contribution is -0.150. The van der Waals surface area contributed by atoms with E-state index in [1.807, 2.05) is 20.8 Å². The Morgan fingerprint density at radius 2 is 1.58 bits per heavy atom. The van der Waals surface area contributed by atoms with E-state index in [0.29, 0.717) is 11.1 Å². The SMILES string of the molecule is C=C(C)CC(c1ccc(C(C)(C)C)cc1)C(F)(F)F. The first-order valence-electron chi connectivity index (χ1n) is 6.33. The molecule has 0 amide bonds. The maximum absolute atomic E-state index is 13.1. The van der Waals surface area contributed by atoms with Crippen molar-refractivity contribution in [2.24, 2.45) is 0 Å². The van der Waals surface area contributed by atoms with Gasteiger partial charge in [-0.15, -0.1) is 6.58 Å². The van der Waals surface area contributed by atoms with Gasteiger partial charge in [-0.05, 0) is 29.9 Å². The summed E-state index contributed by atoms with van der Waals surface area (Å²) in [4.78, 5) is 0. The Labute approximate surface area is 113 Å². The van der Waals surface area contributed by atoms with Crippen molar-refractivity contribution in [2.75, 3.05) is 0 Å². The second kappa shape index (κ2) is 5.40. The Kier molecular flexibility index (Phi) is 4.49. The van der Waals surface area contributed by atoms with Crippen LogP contribution >= 0.6 is 0 Å². The molecule has 0 aliphatic carbocycles. The monoisotopic (exact) mass is 270 g/mol. The zero-order valence-electron chi connectivity index (χ0n) is 11.9. The van der Waals surface area contributed by atoms with Crippen molar-refractivity contribution >= 4 is 0 Å². The largest absolute Gasteiger partial charge is 0.396 e. The van der Waals surface area contributed by atoms with Crippen LogP contribution in [0.4, 0.5) is 13.2 Å². The first-order chi connectivity index (χ1) is 8.51. The lowest BCUT2D eigenvalue weighted by Crippen LogP contribution is -2.21. The molecule has 1 atom stereocenters. The summed E-state index contributed by atoms with van der Waals surface area (Å²) in [6.45, 7) is 11.3. The first-order valence-corrected chi connectivity index (χ1v) is 6.33. The van der Waals surface area contributed by atoms with Gasteiger partial charge in [-0.1, -0.05) is 50.6 Å². The molecule has 0 saturated carbocycles. The molecule has 0 fully saturated rings. The van der Waals surface area contributed by atoms with E-state index in [1.165, 1.54) is 0 Å². The Morgan fingerprint density at radius 1 is 1.11 bits per heavy atom. The predicted molar refractivity (Wildman–Crippen MR) is 73.4 cm³/mol. The fourth-order valence-corrected chi connectivity index (χ4v) is 1.99. The van der Waals surface area contributed by atoms with Crippen LogP contribution in [-0.4, -0.2) is 6.18 Å². The minimum Gasteiger partial charge on any atom is -0.170 e. The van der Waals surface area contributed by atoms with Gasteiger partial charge < -0.3 is 0 Å². The highest BCUT2D eigenvalue weighted by molar-refractivity contribution is 5.31. The molecule has 106 valence electrons. The number of halogens is 3. The summed E-state index contributed by atoms with van der Waals surface area (Å²) < 4.78 is 39.2. The fraction of sp³-hybridized carbons (Fsp3) is 0.500. The third-order valence-electron chi connectivity index (χ3n) is 3.13. The van der Waals surface area contributed by atoms with Crippen molar-refractivity contribution in [3.63, 3.8) is 0 Å². The molecule has 1 rings (SSSR count). The Bertz CT molecular complexity index is 433. The van der Waals surface area contributed by atoms with Gasteiger partial charge in [-0.25, -0.2) is 0 Å². The van der Waals surface area contributed by atoms with Gasteiger partial charge in [0.2, 0.25) is 0 Å². The summed E-state index contributed by atoms with van der Waals surface area (Å²) in [7, 11) is 0. The van der Waals surface area contributed by atoms with Crippen LogP contribution in [0, 0.1) is 0 Å². The van der Waals surface area contributed by atoms with E-state index in [1.54, 1.807) is 31.2 Å². The number of hydrogen-bond donors (Lipinski definition) is 0. The number of allylic oxidation sites excluding steroid dienone is 1. The maximum atomic E-state index is 13.1. The topological polar surface area (TPSA) is 0 Å². The van der Waals surface area contributed by atoms with Crippen molar-refractivity contribution in [3.05, 3.63) is 47.5 Å². The zero-order chi connectivity index (χ0) is 14.8. The van der Waals surface area contributed by atoms with Gasteiger partial charge in [0.1, 0.15) is 0 Å². The van der Waals surface area contributed by atoms with Gasteiger partial charge in [-0.2, -0.15) is 13.2 Å². The van der Waals surface area contributed by atoms with E-state index in [9.17, 15) is 13.2 Å². The Morgan fingerprint density at radius 3 is 1.89 bits per heavy atom. The molecule has 0 nitrogen and oxygen atoms in total. The van der Waals surface area contributed by atoms with Gasteiger partial charge >= 0.3 is 6.18 Å². The molecule has 1 unspecified atom stereocenters. The minimum atomic E-state index is -4.23. The van der Waals surface area contributed by atoms with Crippen LogP contribution in [0.3, 0.4) is 0 Å². The van der Waals surface area contributed by atoms with E-state index in [-0.39, 0.29) is 11.8 Å². The standard InChI is InChI=1S/C16H21F3/c1-11(2)10-14(16(17,18)19)12-6-8-13(9-7-12)15(3,4)5/h6-9,14H,1,10H2,2-5H3. The molecule has 0 N–H and O–H groups in total. The number of alkyl halides is 3. The van der Waals surface area contributed by atoms with E-state index >= 15 is 0 Å². The predicted octanol–water partition coefficient (Wildman–Crippen LogP) is 5.60. The summed E-state index contributed by atoms with van der Waals surface area (Å²) in [6, 6.07) is 6.74. The first kappa shape index (κ1) is 15.8. The van der Waals surface area contributed by atoms with Gasteiger partial charge in [0, 0.05) is 0 Å². The van der Waals surface area contributed by atoms with Crippen molar-refractivity contribution in [1.82, 2.24) is 0 Å². The second-order valence-electron chi connectivity index (χ2n) is 6.13. The van der Waals surface area contributed by atoms with E-state index < -0.39 is 12.1 Å². The highest BCUT2D eigenvalue weighted by atomic mass is 19.4. The highest BCUT2D eigenvalue weighted by Crippen LogP contribution is 2.39. The molecule has 19 heavy (non-hydrogen) atoms. The summed E-state index contributed by atoms with van der Waals surface area (Å²) >= 11 is 0. The summed E-state index contributed by atoms with van der Waals surface area (Å²) in [5.74, 6) is -1.46. The Balaban J connectivity index is 3.08. The zero-order valence-corrected chi connectivity index (χ0v) is 11.9. The van der Waals surface area contributed by atoms with Crippen LogP contribution in [0.1, 0.15) is 51.2 Å². The second-order valence-corrected chi connectivity index (χ2v) is 6.13. The molecule has 1 aromatic carbocycles. The van der Waals surface area contributed by atoms with Crippen LogP contribution in [0.25, 0.3) is 0 Å². The molecule has 0 bridgehead atoms. The molecule has 0 radical (unpaired) electrons. The smallest absolute Gasteiger partial charge is 0.170 e. The highest BCUT2D eigenvalue weighted by Gasteiger charge is 2.40. The van der Waals surface area contributed by atoms with Crippen molar-refractivity contribution in [2.45, 2.75) is 51.6 Å². The average Bonchev–Trinajstić information content (AvgIpc) is 2.23.